The van der Waals surface area contributed by atoms with Crippen molar-refractivity contribution in [2.45, 2.75) is 50.4 Å². The normalized spacial score (nSPS) is 62.5. The van der Waals surface area contributed by atoms with Crippen molar-refractivity contribution >= 4 is 0 Å². The first-order valence-electron chi connectivity index (χ1n) is 4.94. The van der Waals surface area contributed by atoms with Crippen LogP contribution in [0, 0.1) is 5.92 Å². The summed E-state index contributed by atoms with van der Waals surface area (Å²) in [4.78, 5) is 0. The van der Waals surface area contributed by atoms with Gasteiger partial charge >= 0.3 is 0 Å². The van der Waals surface area contributed by atoms with Crippen LogP contribution in [-0.4, -0.2) is 23.9 Å². The Morgan fingerprint density at radius 2 is 2.00 bits per heavy atom. The molecule has 0 amide bonds. The summed E-state index contributed by atoms with van der Waals surface area (Å²) in [6.45, 7) is 5.45. The van der Waals surface area contributed by atoms with Crippen molar-refractivity contribution in [1.29, 1.82) is 0 Å². The molecule has 2 heterocycles. The van der Waals surface area contributed by atoms with E-state index in [1.165, 1.54) is 19.3 Å². The molecule has 0 aromatic carbocycles. The molecule has 3 fully saturated rings. The maximum Gasteiger partial charge on any atom is 0.0920 e. The quantitative estimate of drug-likeness (QED) is 0.557. The van der Waals surface area contributed by atoms with E-state index in [-0.39, 0.29) is 11.2 Å². The fourth-order valence-electron chi connectivity index (χ4n) is 2.55. The van der Waals surface area contributed by atoms with Crippen molar-refractivity contribution in [3.05, 3.63) is 0 Å². The second-order valence-electron chi connectivity index (χ2n) is 4.99. The minimum absolute atomic E-state index is 0.229. The molecule has 0 N–H and O–H groups in total. The Kier molecular flexibility index (Phi) is 1.15. The molecule has 2 heteroatoms. The summed E-state index contributed by atoms with van der Waals surface area (Å²) in [6, 6.07) is 0. The van der Waals surface area contributed by atoms with Crippen molar-refractivity contribution in [1.82, 2.24) is 0 Å². The molecule has 2 aliphatic heterocycles. The van der Waals surface area contributed by atoms with E-state index in [9.17, 15) is 0 Å². The Morgan fingerprint density at radius 1 is 1.25 bits per heavy atom. The number of fused-ring (bicyclic) bond motifs is 1. The molecule has 1 saturated carbocycles. The van der Waals surface area contributed by atoms with Gasteiger partial charge in [-0.1, -0.05) is 0 Å². The van der Waals surface area contributed by atoms with Gasteiger partial charge in [0.25, 0.3) is 0 Å². The fraction of sp³-hybridized carbons (Fsp3) is 1.00. The second kappa shape index (κ2) is 1.88. The zero-order valence-electron chi connectivity index (χ0n) is 7.80. The average Bonchev–Trinajstić information content (AvgIpc) is 2.86. The van der Waals surface area contributed by atoms with E-state index in [0.717, 1.165) is 12.5 Å². The Balaban J connectivity index is 1.70. The molecule has 0 radical (unpaired) electrons. The van der Waals surface area contributed by atoms with Crippen LogP contribution in [-0.2, 0) is 9.47 Å². The minimum Gasteiger partial charge on any atom is -0.370 e. The highest BCUT2D eigenvalue weighted by molar-refractivity contribution is 5.08. The van der Waals surface area contributed by atoms with Gasteiger partial charge in [0.15, 0.2) is 0 Å². The molecule has 0 aromatic heterocycles. The largest absolute Gasteiger partial charge is 0.370 e. The van der Waals surface area contributed by atoms with Crippen LogP contribution in [0.15, 0.2) is 0 Å². The minimum atomic E-state index is 0.229. The van der Waals surface area contributed by atoms with Crippen molar-refractivity contribution < 1.29 is 9.47 Å². The highest BCUT2D eigenvalue weighted by Gasteiger charge is 2.60. The standard InChI is InChI=1S/C10H16O2/c1-9-4-3-7(5-8(9)12-9)10(2)6-11-10/h7-8H,3-6H2,1-2H3/t7-,8-,9-,10-/m0/s1. The Labute approximate surface area is 73.2 Å². The maximum atomic E-state index is 5.66. The van der Waals surface area contributed by atoms with E-state index in [4.69, 9.17) is 9.47 Å². The van der Waals surface area contributed by atoms with E-state index in [2.05, 4.69) is 13.8 Å². The Bertz CT molecular complexity index is 222. The van der Waals surface area contributed by atoms with Gasteiger partial charge in [0.1, 0.15) is 0 Å². The van der Waals surface area contributed by atoms with Gasteiger partial charge in [-0.15, -0.1) is 0 Å². The first kappa shape index (κ1) is 7.34. The van der Waals surface area contributed by atoms with Gasteiger partial charge in [-0.3, -0.25) is 0 Å². The molecule has 0 spiro atoms. The highest BCUT2D eigenvalue weighted by Crippen LogP contribution is 2.54. The van der Waals surface area contributed by atoms with Gasteiger partial charge in [-0.2, -0.15) is 0 Å². The van der Waals surface area contributed by atoms with E-state index in [0.29, 0.717) is 6.10 Å². The van der Waals surface area contributed by atoms with E-state index in [1.807, 2.05) is 0 Å². The molecular weight excluding hydrogens is 152 g/mol. The van der Waals surface area contributed by atoms with Crippen LogP contribution in [0.1, 0.15) is 33.1 Å². The molecule has 3 rings (SSSR count). The molecule has 2 nitrogen and oxygen atoms in total. The van der Waals surface area contributed by atoms with E-state index in [1.54, 1.807) is 0 Å². The van der Waals surface area contributed by atoms with Gasteiger partial charge in [0.2, 0.25) is 0 Å². The number of ether oxygens (including phenoxy) is 2. The smallest absolute Gasteiger partial charge is 0.0920 e. The summed E-state index contributed by atoms with van der Waals surface area (Å²) < 4.78 is 11.1. The van der Waals surface area contributed by atoms with Gasteiger partial charge in [0, 0.05) is 0 Å². The van der Waals surface area contributed by atoms with E-state index >= 15 is 0 Å². The fourth-order valence-corrected chi connectivity index (χ4v) is 2.55. The van der Waals surface area contributed by atoms with Crippen molar-refractivity contribution in [3.63, 3.8) is 0 Å². The summed E-state index contributed by atoms with van der Waals surface area (Å²) in [5.74, 6) is 0.762. The third kappa shape index (κ3) is 0.882. The lowest BCUT2D eigenvalue weighted by atomic mass is 9.77. The van der Waals surface area contributed by atoms with Crippen LogP contribution in [0.2, 0.25) is 0 Å². The Hall–Kier alpha value is -0.0800. The molecule has 0 bridgehead atoms. The molecule has 4 atom stereocenters. The van der Waals surface area contributed by atoms with Gasteiger partial charge in [-0.05, 0) is 39.0 Å². The molecular formula is C10H16O2. The van der Waals surface area contributed by atoms with Gasteiger partial charge < -0.3 is 9.47 Å². The number of hydrogen-bond acceptors (Lipinski definition) is 2. The molecule has 0 unspecified atom stereocenters. The SMILES string of the molecule is C[C@@]1([C@H]2CC[C@]3(C)O[C@H]3C2)CO1. The van der Waals surface area contributed by atoms with Crippen LogP contribution in [0.25, 0.3) is 0 Å². The van der Waals surface area contributed by atoms with Crippen molar-refractivity contribution in [2.75, 3.05) is 6.61 Å². The molecule has 3 aliphatic rings. The highest BCUT2D eigenvalue weighted by atomic mass is 16.6. The number of epoxide rings is 2. The first-order chi connectivity index (χ1) is 5.62. The van der Waals surface area contributed by atoms with Crippen LogP contribution in [0.4, 0.5) is 0 Å². The molecule has 12 heavy (non-hydrogen) atoms. The van der Waals surface area contributed by atoms with Crippen LogP contribution < -0.4 is 0 Å². The molecule has 0 aromatic rings. The maximum absolute atomic E-state index is 5.66. The average molecular weight is 168 g/mol. The van der Waals surface area contributed by atoms with Crippen LogP contribution in [0.3, 0.4) is 0 Å². The van der Waals surface area contributed by atoms with Crippen molar-refractivity contribution in [2.24, 2.45) is 5.92 Å². The predicted octanol–water partition coefficient (Wildman–Crippen LogP) is 1.73. The van der Waals surface area contributed by atoms with Gasteiger partial charge in [-0.25, -0.2) is 0 Å². The zero-order valence-corrected chi connectivity index (χ0v) is 7.80. The lowest BCUT2D eigenvalue weighted by molar-refractivity contribution is 0.191. The Morgan fingerprint density at radius 3 is 2.58 bits per heavy atom. The first-order valence-corrected chi connectivity index (χ1v) is 4.94. The summed E-state index contributed by atoms with van der Waals surface area (Å²) >= 11 is 0. The third-order valence-corrected chi connectivity index (χ3v) is 3.99. The number of rotatable bonds is 1. The zero-order chi connectivity index (χ0) is 8.40. The van der Waals surface area contributed by atoms with Gasteiger partial charge in [0.05, 0.1) is 23.9 Å². The summed E-state index contributed by atoms with van der Waals surface area (Å²) in [7, 11) is 0. The summed E-state index contributed by atoms with van der Waals surface area (Å²) in [5.41, 5.74) is 0.495. The monoisotopic (exact) mass is 168 g/mol. The second-order valence-corrected chi connectivity index (χ2v) is 4.99. The van der Waals surface area contributed by atoms with E-state index < -0.39 is 0 Å². The molecule has 2 saturated heterocycles. The van der Waals surface area contributed by atoms with Crippen LogP contribution in [0.5, 0.6) is 0 Å². The lowest BCUT2D eigenvalue weighted by Gasteiger charge is -2.25. The summed E-state index contributed by atoms with van der Waals surface area (Å²) in [5, 5.41) is 0. The molecule has 68 valence electrons. The number of hydrogen-bond donors (Lipinski definition) is 0. The topological polar surface area (TPSA) is 25.1 Å². The summed E-state index contributed by atoms with van der Waals surface area (Å²) in [6.07, 6.45) is 4.31. The lowest BCUT2D eigenvalue weighted by Crippen LogP contribution is -2.29. The predicted molar refractivity (Wildman–Crippen MR) is 45.0 cm³/mol. The third-order valence-electron chi connectivity index (χ3n) is 3.99. The van der Waals surface area contributed by atoms with Crippen molar-refractivity contribution in [3.8, 4) is 0 Å². The van der Waals surface area contributed by atoms with Crippen LogP contribution >= 0.6 is 0 Å². The molecule has 1 aliphatic carbocycles.